The number of aromatic nitrogens is 2. The van der Waals surface area contributed by atoms with Gasteiger partial charge in [-0.05, 0) is 50.4 Å². The third-order valence-electron chi connectivity index (χ3n) is 4.99. The molecule has 7 nitrogen and oxygen atoms in total. The van der Waals surface area contributed by atoms with Gasteiger partial charge in [0.2, 0.25) is 5.82 Å². The molecule has 132 valence electrons. The third kappa shape index (κ3) is 3.51. The fourth-order valence-corrected chi connectivity index (χ4v) is 3.47. The largest absolute Gasteiger partial charge is 0.352 e. The van der Waals surface area contributed by atoms with Crippen molar-refractivity contribution in [2.24, 2.45) is 5.73 Å². The molecule has 1 saturated heterocycles. The molecule has 1 saturated carbocycles. The van der Waals surface area contributed by atoms with Crippen LogP contribution in [0.2, 0.25) is 0 Å². The Kier molecular flexibility index (Phi) is 4.17. The number of nitrogens with one attached hydrogen (secondary N) is 1. The van der Waals surface area contributed by atoms with Gasteiger partial charge in [0.15, 0.2) is 0 Å². The SMILES string of the molecule is NC(=O)NC1(c2nc(-c3cccc(CN4CCCCC4)c3)no2)CC1. The molecular formula is C18H23N5O2. The van der Waals surface area contributed by atoms with E-state index in [0.29, 0.717) is 11.7 Å². The maximum Gasteiger partial charge on any atom is 0.313 e. The molecule has 4 rings (SSSR count). The molecule has 2 fully saturated rings. The number of nitrogens with two attached hydrogens (primary N) is 1. The monoisotopic (exact) mass is 341 g/mol. The fourth-order valence-electron chi connectivity index (χ4n) is 3.47. The molecule has 0 radical (unpaired) electrons. The summed E-state index contributed by atoms with van der Waals surface area (Å²) in [5, 5.41) is 6.81. The number of carbonyl (C=O) groups excluding carboxylic acids is 1. The van der Waals surface area contributed by atoms with Crippen LogP contribution < -0.4 is 11.1 Å². The number of hydrogen-bond acceptors (Lipinski definition) is 5. The Balaban J connectivity index is 1.50. The smallest absolute Gasteiger partial charge is 0.313 e. The molecule has 1 aromatic heterocycles. The molecule has 0 bridgehead atoms. The second-order valence-electron chi connectivity index (χ2n) is 7.03. The van der Waals surface area contributed by atoms with Crippen LogP contribution in [0.1, 0.15) is 43.6 Å². The first-order valence-corrected chi connectivity index (χ1v) is 8.88. The van der Waals surface area contributed by atoms with Crippen LogP contribution in [0.25, 0.3) is 11.4 Å². The Morgan fingerprint density at radius 2 is 2.08 bits per heavy atom. The highest BCUT2D eigenvalue weighted by molar-refractivity contribution is 5.73. The van der Waals surface area contributed by atoms with Gasteiger partial charge in [-0.1, -0.05) is 29.8 Å². The molecule has 7 heteroatoms. The highest BCUT2D eigenvalue weighted by atomic mass is 16.5. The van der Waals surface area contributed by atoms with E-state index >= 15 is 0 Å². The summed E-state index contributed by atoms with van der Waals surface area (Å²) in [6, 6.07) is 7.69. The molecule has 0 atom stereocenters. The summed E-state index contributed by atoms with van der Waals surface area (Å²) in [4.78, 5) is 18.1. The quantitative estimate of drug-likeness (QED) is 0.870. The minimum atomic E-state index is -0.569. The van der Waals surface area contributed by atoms with Crippen LogP contribution in [-0.4, -0.2) is 34.2 Å². The molecule has 1 aliphatic carbocycles. The van der Waals surface area contributed by atoms with Crippen LogP contribution >= 0.6 is 0 Å². The number of piperidine rings is 1. The molecule has 2 aliphatic rings. The molecular weight excluding hydrogens is 318 g/mol. The Morgan fingerprint density at radius 1 is 1.28 bits per heavy atom. The number of primary amides is 1. The molecule has 25 heavy (non-hydrogen) atoms. The lowest BCUT2D eigenvalue weighted by atomic mass is 10.1. The van der Waals surface area contributed by atoms with E-state index in [1.165, 1.54) is 24.8 Å². The van der Waals surface area contributed by atoms with E-state index in [-0.39, 0.29) is 0 Å². The van der Waals surface area contributed by atoms with Gasteiger partial charge in [-0.15, -0.1) is 0 Å². The van der Waals surface area contributed by atoms with Gasteiger partial charge >= 0.3 is 6.03 Å². The molecule has 1 aromatic carbocycles. The van der Waals surface area contributed by atoms with E-state index in [4.69, 9.17) is 10.3 Å². The van der Waals surface area contributed by atoms with E-state index in [1.807, 2.05) is 12.1 Å². The minimum Gasteiger partial charge on any atom is -0.352 e. The maximum absolute atomic E-state index is 11.2. The van der Waals surface area contributed by atoms with Gasteiger partial charge < -0.3 is 15.6 Å². The van der Waals surface area contributed by atoms with E-state index in [2.05, 4.69) is 32.5 Å². The summed E-state index contributed by atoms with van der Waals surface area (Å²) in [5.74, 6) is 0.982. The van der Waals surface area contributed by atoms with Gasteiger partial charge in [0.05, 0.1) is 0 Å². The predicted octanol–water partition coefficient (Wildman–Crippen LogP) is 2.38. The number of carbonyl (C=O) groups is 1. The second kappa shape index (κ2) is 6.48. The normalized spacial score (nSPS) is 19.5. The van der Waals surface area contributed by atoms with Crippen molar-refractivity contribution in [3.05, 3.63) is 35.7 Å². The zero-order valence-corrected chi connectivity index (χ0v) is 14.2. The van der Waals surface area contributed by atoms with Crippen LogP contribution in [0.5, 0.6) is 0 Å². The summed E-state index contributed by atoms with van der Waals surface area (Å²) >= 11 is 0. The molecule has 2 heterocycles. The molecule has 3 N–H and O–H groups in total. The second-order valence-corrected chi connectivity index (χ2v) is 7.03. The Bertz CT molecular complexity index is 762. The van der Waals surface area contributed by atoms with Gasteiger partial charge in [-0.2, -0.15) is 4.98 Å². The van der Waals surface area contributed by atoms with Crippen molar-refractivity contribution in [2.75, 3.05) is 13.1 Å². The lowest BCUT2D eigenvalue weighted by Gasteiger charge is -2.26. The van der Waals surface area contributed by atoms with Crippen LogP contribution in [0.4, 0.5) is 4.79 Å². The standard InChI is InChI=1S/C18H23N5O2/c19-17(24)21-18(7-8-18)16-20-15(22-25-16)14-6-4-5-13(11-14)12-23-9-2-1-3-10-23/h4-6,11H,1-3,7-10,12H2,(H3,19,21,24). The molecule has 0 unspecified atom stereocenters. The molecule has 2 aromatic rings. The van der Waals surface area contributed by atoms with E-state index in [1.54, 1.807) is 0 Å². The van der Waals surface area contributed by atoms with Crippen molar-refractivity contribution < 1.29 is 9.32 Å². The number of urea groups is 1. The summed E-state index contributed by atoms with van der Waals surface area (Å²) in [5.41, 5.74) is 6.85. The van der Waals surface area contributed by atoms with Gasteiger partial charge in [-0.3, -0.25) is 4.90 Å². The minimum absolute atomic E-state index is 0.433. The van der Waals surface area contributed by atoms with Gasteiger partial charge in [0.1, 0.15) is 5.54 Å². The lowest BCUT2D eigenvalue weighted by Crippen LogP contribution is -2.38. The van der Waals surface area contributed by atoms with Crippen molar-refractivity contribution in [1.29, 1.82) is 0 Å². The first-order chi connectivity index (χ1) is 12.1. The number of nitrogens with zero attached hydrogens (tertiary/aromatic N) is 3. The van der Waals surface area contributed by atoms with Crippen LogP contribution in [0.3, 0.4) is 0 Å². The molecule has 2 amide bonds. The Morgan fingerprint density at radius 3 is 2.80 bits per heavy atom. The molecule has 1 aliphatic heterocycles. The number of benzene rings is 1. The first-order valence-electron chi connectivity index (χ1n) is 8.88. The zero-order valence-electron chi connectivity index (χ0n) is 14.2. The zero-order chi connectivity index (χ0) is 17.3. The van der Waals surface area contributed by atoms with Crippen LogP contribution in [0, 0.1) is 0 Å². The van der Waals surface area contributed by atoms with Crippen molar-refractivity contribution in [1.82, 2.24) is 20.4 Å². The van der Waals surface area contributed by atoms with Gasteiger partial charge in [-0.25, -0.2) is 4.79 Å². The van der Waals surface area contributed by atoms with E-state index < -0.39 is 11.6 Å². The third-order valence-corrected chi connectivity index (χ3v) is 4.99. The average Bonchev–Trinajstić information content (AvgIpc) is 3.20. The van der Waals surface area contributed by atoms with Gasteiger partial charge in [0, 0.05) is 12.1 Å². The van der Waals surface area contributed by atoms with Crippen LogP contribution in [-0.2, 0) is 12.1 Å². The first kappa shape index (κ1) is 16.1. The number of rotatable bonds is 5. The predicted molar refractivity (Wildman–Crippen MR) is 92.5 cm³/mol. The van der Waals surface area contributed by atoms with Crippen molar-refractivity contribution in [3.8, 4) is 11.4 Å². The van der Waals surface area contributed by atoms with Gasteiger partial charge in [0.25, 0.3) is 5.89 Å². The summed E-state index contributed by atoms with van der Waals surface area (Å²) in [7, 11) is 0. The summed E-state index contributed by atoms with van der Waals surface area (Å²) in [6.45, 7) is 3.28. The van der Waals surface area contributed by atoms with Crippen molar-refractivity contribution in [3.63, 3.8) is 0 Å². The fraction of sp³-hybridized carbons (Fsp3) is 0.500. The summed E-state index contributed by atoms with van der Waals surface area (Å²) < 4.78 is 5.40. The Hall–Kier alpha value is -2.41. The number of amides is 2. The van der Waals surface area contributed by atoms with E-state index in [0.717, 1.165) is 38.0 Å². The topological polar surface area (TPSA) is 97.3 Å². The van der Waals surface area contributed by atoms with Crippen LogP contribution in [0.15, 0.2) is 28.8 Å². The average molecular weight is 341 g/mol. The lowest BCUT2D eigenvalue weighted by molar-refractivity contribution is 0.221. The highest BCUT2D eigenvalue weighted by Crippen LogP contribution is 2.44. The van der Waals surface area contributed by atoms with Crippen molar-refractivity contribution in [2.45, 2.75) is 44.2 Å². The molecule has 0 spiro atoms. The summed E-state index contributed by atoms with van der Waals surface area (Å²) in [6.07, 6.45) is 5.44. The Labute approximate surface area is 146 Å². The van der Waals surface area contributed by atoms with E-state index in [9.17, 15) is 4.79 Å². The highest BCUT2D eigenvalue weighted by Gasteiger charge is 2.50. The number of likely N-dealkylation sites (tertiary alicyclic amines) is 1. The van der Waals surface area contributed by atoms with Crippen molar-refractivity contribution >= 4 is 6.03 Å². The maximum atomic E-state index is 11.2. The number of hydrogen-bond donors (Lipinski definition) is 2.